The van der Waals surface area contributed by atoms with E-state index in [-0.39, 0.29) is 24.5 Å². The van der Waals surface area contributed by atoms with Crippen LogP contribution in [0.1, 0.15) is 30.0 Å². The molecule has 1 amide bonds. The van der Waals surface area contributed by atoms with Gasteiger partial charge in [0.15, 0.2) is 0 Å². The van der Waals surface area contributed by atoms with E-state index in [1.54, 1.807) is 6.92 Å². The van der Waals surface area contributed by atoms with Crippen molar-refractivity contribution in [3.8, 4) is 0 Å². The predicted octanol–water partition coefficient (Wildman–Crippen LogP) is 3.06. The number of rotatable bonds is 3. The molecule has 6 heteroatoms. The molecule has 0 aromatic heterocycles. The summed E-state index contributed by atoms with van der Waals surface area (Å²) in [4.78, 5) is 12.0. The molecule has 1 saturated heterocycles. The van der Waals surface area contributed by atoms with E-state index in [1.807, 2.05) is 6.92 Å². The summed E-state index contributed by atoms with van der Waals surface area (Å²) in [5.74, 6) is -0.293. The van der Waals surface area contributed by atoms with E-state index in [9.17, 15) is 18.0 Å². The van der Waals surface area contributed by atoms with Gasteiger partial charge in [0, 0.05) is 13.2 Å². The van der Waals surface area contributed by atoms with Gasteiger partial charge < -0.3 is 10.1 Å². The first-order valence-electron chi connectivity index (χ1n) is 6.85. The Morgan fingerprint density at radius 3 is 2.67 bits per heavy atom. The van der Waals surface area contributed by atoms with E-state index in [2.05, 4.69) is 5.32 Å². The monoisotopic (exact) mass is 301 g/mol. The number of hydrogen-bond donors (Lipinski definition) is 1. The van der Waals surface area contributed by atoms with E-state index in [0.29, 0.717) is 24.2 Å². The SMILES string of the molecule is Cc1cc(C(F)(F)F)ccc1CNC(=O)C1CCOC1C. The zero-order valence-corrected chi connectivity index (χ0v) is 12.0. The molecular weight excluding hydrogens is 283 g/mol. The molecule has 0 spiro atoms. The van der Waals surface area contributed by atoms with Crippen LogP contribution >= 0.6 is 0 Å². The van der Waals surface area contributed by atoms with E-state index in [0.717, 1.165) is 12.1 Å². The summed E-state index contributed by atoms with van der Waals surface area (Å²) in [6.07, 6.45) is -3.78. The number of carbonyl (C=O) groups is 1. The lowest BCUT2D eigenvalue weighted by atomic mass is 10.0. The molecule has 0 radical (unpaired) electrons. The topological polar surface area (TPSA) is 38.3 Å². The maximum atomic E-state index is 12.6. The van der Waals surface area contributed by atoms with E-state index < -0.39 is 11.7 Å². The van der Waals surface area contributed by atoms with Gasteiger partial charge in [0.1, 0.15) is 0 Å². The Hall–Kier alpha value is -1.56. The molecule has 2 atom stereocenters. The first-order chi connectivity index (χ1) is 9.79. The van der Waals surface area contributed by atoms with Gasteiger partial charge in [-0.15, -0.1) is 0 Å². The van der Waals surface area contributed by atoms with Gasteiger partial charge in [-0.25, -0.2) is 0 Å². The first-order valence-corrected chi connectivity index (χ1v) is 6.85. The Kier molecular flexibility index (Phi) is 4.56. The maximum Gasteiger partial charge on any atom is 0.416 e. The minimum Gasteiger partial charge on any atom is -0.378 e. The molecule has 1 N–H and O–H groups in total. The number of amides is 1. The molecule has 1 aromatic carbocycles. The molecule has 3 nitrogen and oxygen atoms in total. The fourth-order valence-electron chi connectivity index (χ4n) is 2.46. The normalized spacial score (nSPS) is 22.3. The average molecular weight is 301 g/mol. The van der Waals surface area contributed by atoms with E-state index >= 15 is 0 Å². The molecule has 116 valence electrons. The zero-order valence-electron chi connectivity index (χ0n) is 12.0. The van der Waals surface area contributed by atoms with Gasteiger partial charge in [-0.2, -0.15) is 13.2 Å². The highest BCUT2D eigenvalue weighted by Crippen LogP contribution is 2.30. The third-order valence-corrected chi connectivity index (χ3v) is 3.84. The maximum absolute atomic E-state index is 12.6. The van der Waals surface area contributed by atoms with Crippen molar-refractivity contribution >= 4 is 5.91 Å². The smallest absolute Gasteiger partial charge is 0.378 e. The van der Waals surface area contributed by atoms with Crippen molar-refractivity contribution in [3.05, 3.63) is 34.9 Å². The molecule has 1 aliphatic heterocycles. The Morgan fingerprint density at radius 1 is 1.43 bits per heavy atom. The van der Waals surface area contributed by atoms with Crippen LogP contribution in [0.2, 0.25) is 0 Å². The van der Waals surface area contributed by atoms with Crippen molar-refractivity contribution in [3.63, 3.8) is 0 Å². The van der Waals surface area contributed by atoms with E-state index in [1.165, 1.54) is 6.07 Å². The lowest BCUT2D eigenvalue weighted by Gasteiger charge is -2.15. The minimum absolute atomic E-state index is 0.112. The van der Waals surface area contributed by atoms with Gasteiger partial charge in [-0.1, -0.05) is 6.07 Å². The Balaban J connectivity index is 1.99. The molecule has 1 heterocycles. The van der Waals surface area contributed by atoms with Gasteiger partial charge in [0.05, 0.1) is 17.6 Å². The van der Waals surface area contributed by atoms with Gasteiger partial charge in [-0.3, -0.25) is 4.79 Å². The second kappa shape index (κ2) is 6.05. The van der Waals surface area contributed by atoms with Crippen molar-refractivity contribution in [2.75, 3.05) is 6.61 Å². The summed E-state index contributed by atoms with van der Waals surface area (Å²) in [6.45, 7) is 4.25. The largest absolute Gasteiger partial charge is 0.416 e. The zero-order chi connectivity index (χ0) is 15.6. The van der Waals surface area contributed by atoms with Gasteiger partial charge in [0.25, 0.3) is 0 Å². The van der Waals surface area contributed by atoms with Crippen LogP contribution < -0.4 is 5.32 Å². The number of nitrogens with one attached hydrogen (secondary N) is 1. The minimum atomic E-state index is -4.34. The average Bonchev–Trinajstić information content (AvgIpc) is 2.82. The first kappa shape index (κ1) is 15.8. The number of halogens is 3. The predicted molar refractivity (Wildman–Crippen MR) is 71.5 cm³/mol. The molecule has 0 saturated carbocycles. The Bertz CT molecular complexity index is 528. The van der Waals surface area contributed by atoms with Crippen LogP contribution in [0.4, 0.5) is 13.2 Å². The molecule has 0 aliphatic carbocycles. The van der Waals surface area contributed by atoms with Crippen LogP contribution in [-0.2, 0) is 22.3 Å². The number of alkyl halides is 3. The number of aryl methyl sites for hydroxylation is 1. The highest BCUT2D eigenvalue weighted by Gasteiger charge is 2.31. The molecular formula is C15H18F3NO2. The quantitative estimate of drug-likeness (QED) is 0.932. The number of hydrogen-bond acceptors (Lipinski definition) is 2. The standard InChI is InChI=1S/C15H18F3NO2/c1-9-7-12(15(16,17)18)4-3-11(9)8-19-14(20)13-5-6-21-10(13)2/h3-4,7,10,13H,5-6,8H2,1-2H3,(H,19,20). The van der Waals surface area contributed by atoms with Crippen molar-refractivity contribution in [1.82, 2.24) is 5.32 Å². The molecule has 1 fully saturated rings. The van der Waals surface area contributed by atoms with Crippen LogP contribution in [-0.4, -0.2) is 18.6 Å². The Morgan fingerprint density at radius 2 is 2.14 bits per heavy atom. The number of ether oxygens (including phenoxy) is 1. The molecule has 2 unspecified atom stereocenters. The fraction of sp³-hybridized carbons (Fsp3) is 0.533. The second-order valence-electron chi connectivity index (χ2n) is 5.33. The summed E-state index contributed by atoms with van der Waals surface area (Å²) >= 11 is 0. The summed E-state index contributed by atoms with van der Waals surface area (Å²) in [6, 6.07) is 3.55. The van der Waals surface area contributed by atoms with Gasteiger partial charge in [-0.05, 0) is 43.5 Å². The molecule has 1 aliphatic rings. The lowest BCUT2D eigenvalue weighted by molar-refractivity contribution is -0.137. The summed E-state index contributed by atoms with van der Waals surface area (Å²) in [7, 11) is 0. The third-order valence-electron chi connectivity index (χ3n) is 3.84. The summed E-state index contributed by atoms with van der Waals surface area (Å²) in [5.41, 5.74) is 0.525. The number of carbonyl (C=O) groups excluding carboxylic acids is 1. The summed E-state index contributed by atoms with van der Waals surface area (Å²) in [5, 5.41) is 2.77. The fourth-order valence-corrected chi connectivity index (χ4v) is 2.46. The highest BCUT2D eigenvalue weighted by molar-refractivity contribution is 5.79. The lowest BCUT2D eigenvalue weighted by Crippen LogP contribution is -2.33. The van der Waals surface area contributed by atoms with E-state index in [4.69, 9.17) is 4.74 Å². The van der Waals surface area contributed by atoms with Crippen LogP contribution in [0.15, 0.2) is 18.2 Å². The molecule has 2 rings (SSSR count). The summed E-state index contributed by atoms with van der Waals surface area (Å²) < 4.78 is 43.1. The van der Waals surface area contributed by atoms with Crippen molar-refractivity contribution in [2.45, 2.75) is 39.1 Å². The molecule has 0 bridgehead atoms. The van der Waals surface area contributed by atoms with Crippen molar-refractivity contribution in [2.24, 2.45) is 5.92 Å². The second-order valence-corrected chi connectivity index (χ2v) is 5.33. The van der Waals surface area contributed by atoms with Crippen LogP contribution in [0.3, 0.4) is 0 Å². The van der Waals surface area contributed by atoms with Gasteiger partial charge in [0.2, 0.25) is 5.91 Å². The van der Waals surface area contributed by atoms with Crippen LogP contribution in [0, 0.1) is 12.8 Å². The number of benzene rings is 1. The molecule has 1 aromatic rings. The van der Waals surface area contributed by atoms with Crippen LogP contribution in [0.5, 0.6) is 0 Å². The highest BCUT2D eigenvalue weighted by atomic mass is 19.4. The molecule has 21 heavy (non-hydrogen) atoms. The third kappa shape index (κ3) is 3.75. The van der Waals surface area contributed by atoms with Crippen molar-refractivity contribution < 1.29 is 22.7 Å². The van der Waals surface area contributed by atoms with Crippen LogP contribution in [0.25, 0.3) is 0 Å². The Labute approximate surface area is 121 Å². The van der Waals surface area contributed by atoms with Gasteiger partial charge >= 0.3 is 6.18 Å². The van der Waals surface area contributed by atoms with Crippen molar-refractivity contribution in [1.29, 1.82) is 0 Å².